The smallest absolute Gasteiger partial charge is 0.507 e. The predicted molar refractivity (Wildman–Crippen MR) is 144 cm³/mol. The van der Waals surface area contributed by atoms with Gasteiger partial charge >= 0.3 is 13.1 Å². The normalized spacial score (nSPS) is 20.5. The second-order valence-corrected chi connectivity index (χ2v) is 10.1. The van der Waals surface area contributed by atoms with Gasteiger partial charge in [-0.3, -0.25) is 19.7 Å². The summed E-state index contributed by atoms with van der Waals surface area (Å²) in [7, 11) is -1.02. The Morgan fingerprint density at radius 2 is 1.82 bits per heavy atom. The van der Waals surface area contributed by atoms with E-state index in [1.165, 1.54) is 6.92 Å². The third kappa shape index (κ3) is 8.11. The number of nitrogens with one attached hydrogen (secondary N) is 3. The quantitative estimate of drug-likeness (QED) is 0.364. The minimum Gasteiger partial charge on any atom is -0.507 e. The fourth-order valence-corrected chi connectivity index (χ4v) is 4.20. The molecule has 38 heavy (non-hydrogen) atoms. The fraction of sp³-hybridized carbons (Fsp3) is 0.481. The molecule has 5 atom stereocenters. The lowest BCUT2D eigenvalue weighted by Gasteiger charge is -2.32. The molecule has 1 aliphatic rings. The number of carbonyl (C=O) groups is 3. The van der Waals surface area contributed by atoms with Crippen molar-refractivity contribution in [3.05, 3.63) is 54.2 Å². The second-order valence-electron chi connectivity index (χ2n) is 10.1. The number of hydrogen-bond acceptors (Lipinski definition) is 8. The zero-order chi connectivity index (χ0) is 27.8. The molecule has 2 heterocycles. The largest absolute Gasteiger partial charge is 0.551 e. The van der Waals surface area contributed by atoms with E-state index in [2.05, 4.69) is 20.9 Å². The van der Waals surface area contributed by atoms with E-state index in [1.807, 2.05) is 51.1 Å². The van der Waals surface area contributed by atoms with Crippen molar-refractivity contribution in [2.75, 3.05) is 6.61 Å². The van der Waals surface area contributed by atoms with E-state index >= 15 is 0 Å². The summed E-state index contributed by atoms with van der Waals surface area (Å²) < 4.78 is 11.4. The number of hydrogen-bond donors (Lipinski definition) is 4. The van der Waals surface area contributed by atoms with Gasteiger partial charge in [0.1, 0.15) is 17.8 Å². The Kier molecular flexibility index (Phi) is 10.4. The van der Waals surface area contributed by atoms with Crippen LogP contribution in [0, 0.1) is 5.92 Å². The Morgan fingerprint density at radius 3 is 2.47 bits per heavy atom. The molecule has 0 aliphatic carbocycles. The number of carbonyl (C=O) groups excluding carboxylic acids is 3. The number of nitrogens with zero attached hydrogens (tertiary/aromatic N) is 1. The second kappa shape index (κ2) is 13.5. The molecule has 1 aliphatic heterocycles. The third-order valence-corrected chi connectivity index (χ3v) is 6.12. The van der Waals surface area contributed by atoms with Gasteiger partial charge in [-0.25, -0.2) is 4.98 Å². The molecule has 3 rings (SSSR count). The number of amides is 2. The van der Waals surface area contributed by atoms with Gasteiger partial charge in [-0.15, -0.1) is 0 Å². The molecular weight excluding hydrogens is 487 g/mol. The maximum Gasteiger partial charge on any atom is 0.551 e. The summed E-state index contributed by atoms with van der Waals surface area (Å²) in [5, 5.41) is 18.9. The van der Waals surface area contributed by atoms with E-state index in [0.29, 0.717) is 12.1 Å². The maximum atomic E-state index is 13.3. The van der Waals surface area contributed by atoms with Gasteiger partial charge in [-0.1, -0.05) is 50.2 Å². The van der Waals surface area contributed by atoms with Crippen LogP contribution in [0.25, 0.3) is 11.3 Å². The molecule has 0 radical (unpaired) electrons. The summed E-state index contributed by atoms with van der Waals surface area (Å²) in [4.78, 5) is 43.3. The Labute approximate surface area is 224 Å². The van der Waals surface area contributed by atoms with Gasteiger partial charge in [0.05, 0.1) is 17.7 Å². The van der Waals surface area contributed by atoms with Crippen molar-refractivity contribution in [2.45, 2.75) is 71.2 Å². The standard InChI is InChI=1S/C27H37BN4O6/c1-16(2)14-23(28-37-15-17(3)29-18(4)27(36)38-28)31-26(35)24(19(5)33)32-25(34)22-13-9-12-21(30-22)20-10-7-6-8-11-20/h6-13,16-19,23-24,29,33H,14-15H2,1-5H3,(H,31,35)(H,32,34)/t17-,18+,19-,23+,24+/m1/s1. The number of aliphatic hydroxyl groups is 1. The number of rotatable bonds is 9. The van der Waals surface area contributed by atoms with E-state index < -0.39 is 49.0 Å². The van der Waals surface area contributed by atoms with Crippen LogP contribution in [0.1, 0.15) is 51.5 Å². The highest BCUT2D eigenvalue weighted by Crippen LogP contribution is 2.17. The van der Waals surface area contributed by atoms with Crippen LogP contribution in [-0.2, 0) is 18.9 Å². The summed E-state index contributed by atoms with van der Waals surface area (Å²) in [5.41, 5.74) is 1.56. The minimum atomic E-state index is -1.27. The molecule has 11 heteroatoms. The molecule has 1 saturated heterocycles. The highest BCUT2D eigenvalue weighted by atomic mass is 16.6. The summed E-state index contributed by atoms with van der Waals surface area (Å²) in [6.07, 6.45) is -0.762. The number of aliphatic hydroxyl groups excluding tert-OH is 1. The molecule has 0 unspecified atom stereocenters. The summed E-state index contributed by atoms with van der Waals surface area (Å²) >= 11 is 0. The van der Waals surface area contributed by atoms with E-state index in [1.54, 1.807) is 25.1 Å². The lowest BCUT2D eigenvalue weighted by atomic mass is 9.73. The zero-order valence-corrected chi connectivity index (χ0v) is 22.5. The number of aromatic nitrogens is 1. The Balaban J connectivity index is 1.76. The van der Waals surface area contributed by atoms with Gasteiger partial charge in [0.2, 0.25) is 5.91 Å². The first kappa shape index (κ1) is 29.3. The van der Waals surface area contributed by atoms with Crippen molar-refractivity contribution < 1.29 is 28.8 Å². The van der Waals surface area contributed by atoms with Gasteiger partial charge in [-0.2, -0.15) is 0 Å². The molecule has 0 bridgehead atoms. The van der Waals surface area contributed by atoms with Crippen molar-refractivity contribution in [1.82, 2.24) is 20.9 Å². The minimum absolute atomic E-state index is 0.0978. The lowest BCUT2D eigenvalue weighted by molar-refractivity contribution is -0.140. The van der Waals surface area contributed by atoms with Gasteiger partial charge in [0.15, 0.2) is 0 Å². The van der Waals surface area contributed by atoms with Crippen molar-refractivity contribution in [1.29, 1.82) is 0 Å². The molecule has 4 N–H and O–H groups in total. The topological polar surface area (TPSA) is 139 Å². The Bertz CT molecular complexity index is 1100. The van der Waals surface area contributed by atoms with E-state index in [-0.39, 0.29) is 24.3 Å². The summed E-state index contributed by atoms with van der Waals surface area (Å²) in [5.74, 6) is -2.28. The average molecular weight is 524 g/mol. The Hall–Kier alpha value is -3.28. The van der Waals surface area contributed by atoms with E-state index in [0.717, 1.165) is 5.56 Å². The molecule has 2 aromatic rings. The van der Waals surface area contributed by atoms with Crippen LogP contribution in [-0.4, -0.2) is 71.8 Å². The molecule has 1 aromatic carbocycles. The van der Waals surface area contributed by atoms with Gasteiger partial charge in [-0.05, 0) is 45.2 Å². The lowest BCUT2D eigenvalue weighted by Crippen LogP contribution is -2.60. The maximum absolute atomic E-state index is 13.3. The van der Waals surface area contributed by atoms with Crippen LogP contribution in [0.2, 0.25) is 0 Å². The first-order chi connectivity index (χ1) is 18.0. The monoisotopic (exact) mass is 524 g/mol. The van der Waals surface area contributed by atoms with Crippen LogP contribution in [0.3, 0.4) is 0 Å². The van der Waals surface area contributed by atoms with Crippen molar-refractivity contribution in [3.8, 4) is 11.3 Å². The predicted octanol–water partition coefficient (Wildman–Crippen LogP) is 1.73. The van der Waals surface area contributed by atoms with Crippen LogP contribution >= 0.6 is 0 Å². The van der Waals surface area contributed by atoms with Gasteiger partial charge < -0.3 is 25.0 Å². The highest BCUT2D eigenvalue weighted by Gasteiger charge is 2.40. The molecule has 10 nitrogen and oxygen atoms in total. The SMILES string of the molecule is CC(C)C[C@H](NC(=O)[C@@H](NC(=O)c1cccc(-c2ccccc2)n1)[C@@H](C)O)B1OC[C@@H](C)N[C@@H](C)C(=O)O1. The van der Waals surface area contributed by atoms with E-state index in [4.69, 9.17) is 9.31 Å². The highest BCUT2D eigenvalue weighted by molar-refractivity contribution is 6.49. The number of pyridine rings is 1. The van der Waals surface area contributed by atoms with Crippen LogP contribution in [0.5, 0.6) is 0 Å². The fourth-order valence-electron chi connectivity index (χ4n) is 4.20. The van der Waals surface area contributed by atoms with Crippen molar-refractivity contribution in [3.63, 3.8) is 0 Å². The molecule has 1 aromatic heterocycles. The van der Waals surface area contributed by atoms with Crippen LogP contribution in [0.15, 0.2) is 48.5 Å². The molecule has 2 amide bonds. The molecule has 0 spiro atoms. The molecular formula is C27H37BN4O6. The van der Waals surface area contributed by atoms with Crippen LogP contribution in [0.4, 0.5) is 0 Å². The summed E-state index contributed by atoms with van der Waals surface area (Å²) in [6.45, 7) is 9.22. The molecule has 204 valence electrons. The first-order valence-electron chi connectivity index (χ1n) is 12.9. The Morgan fingerprint density at radius 1 is 1.11 bits per heavy atom. The van der Waals surface area contributed by atoms with Gasteiger partial charge in [0, 0.05) is 18.2 Å². The van der Waals surface area contributed by atoms with Crippen molar-refractivity contribution in [2.24, 2.45) is 5.92 Å². The van der Waals surface area contributed by atoms with E-state index in [9.17, 15) is 19.5 Å². The zero-order valence-electron chi connectivity index (χ0n) is 22.5. The molecule has 0 saturated carbocycles. The first-order valence-corrected chi connectivity index (χ1v) is 12.9. The third-order valence-electron chi connectivity index (χ3n) is 6.12. The van der Waals surface area contributed by atoms with Crippen molar-refractivity contribution >= 4 is 24.9 Å². The number of benzene rings is 1. The van der Waals surface area contributed by atoms with Gasteiger partial charge in [0.25, 0.3) is 5.91 Å². The molecule has 1 fully saturated rings. The summed E-state index contributed by atoms with van der Waals surface area (Å²) in [6, 6.07) is 12.5. The van der Waals surface area contributed by atoms with Crippen LogP contribution < -0.4 is 16.0 Å². The average Bonchev–Trinajstić information content (AvgIpc) is 2.88.